The normalized spacial score (nSPS) is 18.3. The van der Waals surface area contributed by atoms with Crippen LogP contribution >= 0.6 is 0 Å². The van der Waals surface area contributed by atoms with Crippen molar-refractivity contribution in [3.05, 3.63) is 23.6 Å². The second-order valence-corrected chi connectivity index (χ2v) is 4.20. The molecule has 3 rings (SSSR count). The predicted octanol–water partition coefficient (Wildman–Crippen LogP) is 1.79. The van der Waals surface area contributed by atoms with Gasteiger partial charge in [0.05, 0.1) is 0 Å². The first kappa shape index (κ1) is 8.73. The third-order valence-corrected chi connectivity index (χ3v) is 2.96. The Morgan fingerprint density at radius 3 is 2.87 bits per heavy atom. The van der Waals surface area contributed by atoms with Gasteiger partial charge >= 0.3 is 0 Å². The van der Waals surface area contributed by atoms with Crippen molar-refractivity contribution in [2.45, 2.75) is 25.3 Å². The van der Waals surface area contributed by atoms with E-state index < -0.39 is 0 Å². The summed E-state index contributed by atoms with van der Waals surface area (Å²) in [7, 11) is 0. The highest BCUT2D eigenvalue weighted by molar-refractivity contribution is 5.81. The molecule has 3 N–H and O–H groups in total. The SMILES string of the molecule is Cc1nc2ccc(C3(N)CC3)c(O)c2o1. The summed E-state index contributed by atoms with van der Waals surface area (Å²) in [6.07, 6.45) is 1.83. The number of benzene rings is 1. The number of phenols is 1. The highest BCUT2D eigenvalue weighted by atomic mass is 16.4. The van der Waals surface area contributed by atoms with Crippen LogP contribution in [0.4, 0.5) is 0 Å². The van der Waals surface area contributed by atoms with E-state index >= 15 is 0 Å². The fourth-order valence-corrected chi connectivity index (χ4v) is 1.90. The quantitative estimate of drug-likeness (QED) is 0.742. The van der Waals surface area contributed by atoms with E-state index in [1.165, 1.54) is 0 Å². The number of hydrogen-bond donors (Lipinski definition) is 2. The van der Waals surface area contributed by atoms with Crippen LogP contribution in [0.2, 0.25) is 0 Å². The van der Waals surface area contributed by atoms with Gasteiger partial charge in [0.15, 0.2) is 17.2 Å². The van der Waals surface area contributed by atoms with Crippen LogP contribution in [0.1, 0.15) is 24.3 Å². The highest BCUT2D eigenvalue weighted by Crippen LogP contribution is 2.47. The second kappa shape index (κ2) is 2.52. The molecule has 4 heteroatoms. The Morgan fingerprint density at radius 1 is 1.47 bits per heavy atom. The Labute approximate surface area is 86.7 Å². The van der Waals surface area contributed by atoms with Gasteiger partial charge < -0.3 is 15.3 Å². The Hall–Kier alpha value is -1.55. The summed E-state index contributed by atoms with van der Waals surface area (Å²) in [6, 6.07) is 3.68. The van der Waals surface area contributed by atoms with Gasteiger partial charge in [-0.3, -0.25) is 0 Å². The number of aromatic nitrogens is 1. The van der Waals surface area contributed by atoms with Crippen LogP contribution in [-0.2, 0) is 5.54 Å². The van der Waals surface area contributed by atoms with Crippen molar-refractivity contribution in [1.82, 2.24) is 4.98 Å². The van der Waals surface area contributed by atoms with Crippen LogP contribution in [0.25, 0.3) is 11.1 Å². The van der Waals surface area contributed by atoms with Gasteiger partial charge in [0.25, 0.3) is 0 Å². The fourth-order valence-electron chi connectivity index (χ4n) is 1.90. The van der Waals surface area contributed by atoms with Crippen LogP contribution in [0.15, 0.2) is 16.5 Å². The molecule has 1 aliphatic carbocycles. The Morgan fingerprint density at radius 2 is 2.20 bits per heavy atom. The average molecular weight is 204 g/mol. The van der Waals surface area contributed by atoms with E-state index in [2.05, 4.69) is 4.98 Å². The van der Waals surface area contributed by atoms with Gasteiger partial charge in [-0.25, -0.2) is 4.98 Å². The molecule has 4 nitrogen and oxygen atoms in total. The third-order valence-electron chi connectivity index (χ3n) is 2.96. The summed E-state index contributed by atoms with van der Waals surface area (Å²) in [5, 5.41) is 10.0. The molecular formula is C11H12N2O2. The minimum Gasteiger partial charge on any atom is -0.504 e. The zero-order chi connectivity index (χ0) is 10.6. The maximum Gasteiger partial charge on any atom is 0.196 e. The standard InChI is InChI=1S/C11H12N2O2/c1-6-13-8-3-2-7(11(12)4-5-11)9(14)10(8)15-6/h2-3,14H,4-5,12H2,1H3. The van der Waals surface area contributed by atoms with E-state index in [4.69, 9.17) is 10.2 Å². The summed E-state index contributed by atoms with van der Waals surface area (Å²) < 4.78 is 5.35. The van der Waals surface area contributed by atoms with Crippen molar-refractivity contribution >= 4 is 11.1 Å². The maximum absolute atomic E-state index is 10.0. The number of hydrogen-bond acceptors (Lipinski definition) is 4. The van der Waals surface area contributed by atoms with Crippen LogP contribution in [0.3, 0.4) is 0 Å². The minimum absolute atomic E-state index is 0.146. The van der Waals surface area contributed by atoms with Gasteiger partial charge in [0.2, 0.25) is 0 Å². The van der Waals surface area contributed by atoms with Crippen LogP contribution in [0, 0.1) is 6.92 Å². The highest BCUT2D eigenvalue weighted by Gasteiger charge is 2.42. The van der Waals surface area contributed by atoms with E-state index in [1.807, 2.05) is 12.1 Å². The smallest absolute Gasteiger partial charge is 0.196 e. The van der Waals surface area contributed by atoms with E-state index in [0.717, 1.165) is 18.4 Å². The lowest BCUT2D eigenvalue weighted by molar-refractivity contribution is 0.446. The molecule has 0 saturated heterocycles. The lowest BCUT2D eigenvalue weighted by Gasteiger charge is -2.10. The van der Waals surface area contributed by atoms with Crippen molar-refractivity contribution in [2.24, 2.45) is 5.73 Å². The number of rotatable bonds is 1. The molecule has 1 fully saturated rings. The van der Waals surface area contributed by atoms with E-state index in [1.54, 1.807) is 6.92 Å². The van der Waals surface area contributed by atoms with Crippen molar-refractivity contribution in [2.75, 3.05) is 0 Å². The van der Waals surface area contributed by atoms with Gasteiger partial charge in [0, 0.05) is 18.0 Å². The van der Waals surface area contributed by atoms with Gasteiger partial charge in [-0.1, -0.05) is 6.07 Å². The molecule has 1 heterocycles. The Bertz CT molecular complexity index is 541. The van der Waals surface area contributed by atoms with Crippen LogP contribution < -0.4 is 5.73 Å². The molecule has 78 valence electrons. The van der Waals surface area contributed by atoms with Crippen LogP contribution in [-0.4, -0.2) is 10.1 Å². The van der Waals surface area contributed by atoms with Gasteiger partial charge in [-0.05, 0) is 18.9 Å². The van der Waals surface area contributed by atoms with E-state index in [0.29, 0.717) is 17.0 Å². The molecule has 0 spiro atoms. The number of oxazole rings is 1. The lowest BCUT2D eigenvalue weighted by atomic mass is 10.0. The molecule has 0 radical (unpaired) electrons. The second-order valence-electron chi connectivity index (χ2n) is 4.20. The van der Waals surface area contributed by atoms with E-state index in [-0.39, 0.29) is 11.3 Å². The van der Waals surface area contributed by atoms with Gasteiger partial charge in [-0.15, -0.1) is 0 Å². The average Bonchev–Trinajstić information content (AvgIpc) is 2.78. The predicted molar refractivity (Wildman–Crippen MR) is 55.5 cm³/mol. The summed E-state index contributed by atoms with van der Waals surface area (Å²) in [4.78, 5) is 4.15. The van der Waals surface area contributed by atoms with Crippen molar-refractivity contribution < 1.29 is 9.52 Å². The van der Waals surface area contributed by atoms with Crippen molar-refractivity contribution in [1.29, 1.82) is 0 Å². The zero-order valence-corrected chi connectivity index (χ0v) is 8.45. The molecule has 1 aromatic heterocycles. The largest absolute Gasteiger partial charge is 0.504 e. The molecule has 0 aliphatic heterocycles. The molecule has 15 heavy (non-hydrogen) atoms. The fraction of sp³-hybridized carbons (Fsp3) is 0.364. The van der Waals surface area contributed by atoms with Crippen molar-refractivity contribution in [3.8, 4) is 5.75 Å². The zero-order valence-electron chi connectivity index (χ0n) is 8.45. The molecule has 1 aromatic carbocycles. The molecule has 1 saturated carbocycles. The topological polar surface area (TPSA) is 72.3 Å². The van der Waals surface area contributed by atoms with Gasteiger partial charge in [-0.2, -0.15) is 0 Å². The number of phenolic OH excluding ortho intramolecular Hbond substituents is 1. The summed E-state index contributed by atoms with van der Waals surface area (Å²) in [6.45, 7) is 1.76. The number of fused-ring (bicyclic) bond motifs is 1. The minimum atomic E-state index is -0.348. The Kier molecular flexibility index (Phi) is 1.47. The monoisotopic (exact) mass is 204 g/mol. The number of nitrogens with zero attached hydrogens (tertiary/aromatic N) is 1. The van der Waals surface area contributed by atoms with Crippen LogP contribution in [0.5, 0.6) is 5.75 Å². The molecule has 1 aliphatic rings. The first-order valence-electron chi connectivity index (χ1n) is 4.99. The number of nitrogens with two attached hydrogens (primary N) is 1. The van der Waals surface area contributed by atoms with E-state index in [9.17, 15) is 5.11 Å². The number of aromatic hydroxyl groups is 1. The first-order valence-corrected chi connectivity index (χ1v) is 4.99. The third kappa shape index (κ3) is 1.15. The Balaban J connectivity index is 2.29. The maximum atomic E-state index is 10.0. The van der Waals surface area contributed by atoms with Gasteiger partial charge in [0.1, 0.15) is 5.52 Å². The molecule has 0 atom stereocenters. The summed E-state index contributed by atoms with van der Waals surface area (Å²) in [5.74, 6) is 0.701. The summed E-state index contributed by atoms with van der Waals surface area (Å²) in [5.41, 5.74) is 7.59. The summed E-state index contributed by atoms with van der Waals surface area (Å²) >= 11 is 0. The molecule has 0 bridgehead atoms. The lowest BCUT2D eigenvalue weighted by Crippen LogP contribution is -2.18. The van der Waals surface area contributed by atoms with Crippen molar-refractivity contribution in [3.63, 3.8) is 0 Å². The first-order chi connectivity index (χ1) is 7.10. The molecule has 2 aromatic rings. The number of aryl methyl sites for hydroxylation is 1. The molecular weight excluding hydrogens is 192 g/mol. The molecule has 0 unspecified atom stereocenters. The molecule has 0 amide bonds.